The third-order valence-corrected chi connectivity index (χ3v) is 13.1. The Kier molecular flexibility index (Phi) is 54.4. The van der Waals surface area contributed by atoms with Crippen molar-refractivity contribution in [2.24, 2.45) is 0 Å². The van der Waals surface area contributed by atoms with Crippen LogP contribution in [0.1, 0.15) is 239 Å². The van der Waals surface area contributed by atoms with Gasteiger partial charge in [0.1, 0.15) is 12.7 Å². The Morgan fingerprint density at radius 3 is 1.14 bits per heavy atom. The molecule has 0 aromatic heterocycles. The molecule has 0 spiro atoms. The van der Waals surface area contributed by atoms with Crippen molar-refractivity contribution in [3.05, 3.63) is 109 Å². The highest BCUT2D eigenvalue weighted by Crippen LogP contribution is 2.43. The number of carbonyl (C=O) groups excluding carboxylic acids is 3. The summed E-state index contributed by atoms with van der Waals surface area (Å²) in [6.07, 6.45) is 69.2. The molecular formula is C64H107O11P. The number of hydrogen-bond acceptors (Lipinski definition) is 10. The summed E-state index contributed by atoms with van der Waals surface area (Å²) in [7, 11) is -4.78. The van der Waals surface area contributed by atoms with Crippen LogP contribution < -0.4 is 0 Å². The molecule has 11 nitrogen and oxygen atoms in total. The molecule has 3 atom stereocenters. The maximum atomic E-state index is 12.9. The number of ether oxygens (including phenoxy) is 3. The first kappa shape index (κ1) is 72.1. The fraction of sp³-hybridized carbons (Fsp3) is 0.672. The van der Waals surface area contributed by atoms with Gasteiger partial charge in [0.2, 0.25) is 0 Å². The Hall–Kier alpha value is -3.86. The van der Waals surface area contributed by atoms with E-state index in [4.69, 9.17) is 23.3 Å². The molecule has 0 aliphatic heterocycles. The van der Waals surface area contributed by atoms with Crippen molar-refractivity contribution in [3.8, 4) is 0 Å². The lowest BCUT2D eigenvalue weighted by Crippen LogP contribution is -2.30. The van der Waals surface area contributed by atoms with Crippen LogP contribution in [-0.4, -0.2) is 66.5 Å². The van der Waals surface area contributed by atoms with E-state index in [1.807, 2.05) is 12.2 Å². The topological polar surface area (TPSA) is 155 Å². The van der Waals surface area contributed by atoms with E-state index >= 15 is 0 Å². The molecule has 0 aliphatic rings. The smallest absolute Gasteiger partial charge is 0.462 e. The van der Waals surface area contributed by atoms with Gasteiger partial charge in [-0.2, -0.15) is 0 Å². The number of phosphoric ester groups is 1. The molecule has 0 amide bonds. The normalized spacial score (nSPS) is 14.1. The number of phosphoric acid groups is 1. The molecule has 2 N–H and O–H groups in total. The van der Waals surface area contributed by atoms with Crippen LogP contribution in [0.5, 0.6) is 0 Å². The average molecular weight is 1080 g/mol. The highest BCUT2D eigenvalue weighted by Gasteiger charge is 2.28. The maximum Gasteiger partial charge on any atom is 0.472 e. The Labute approximate surface area is 463 Å². The second kappa shape index (κ2) is 57.3. The number of hydrogen-bond donors (Lipinski definition) is 2. The van der Waals surface area contributed by atoms with E-state index in [2.05, 4.69) is 118 Å². The molecule has 0 radical (unpaired) electrons. The number of esters is 3. The van der Waals surface area contributed by atoms with Crippen LogP contribution in [0.3, 0.4) is 0 Å². The first-order chi connectivity index (χ1) is 37.2. The van der Waals surface area contributed by atoms with Gasteiger partial charge in [-0.3, -0.25) is 23.4 Å². The molecule has 0 aromatic carbocycles. The van der Waals surface area contributed by atoms with Crippen LogP contribution in [0.15, 0.2) is 109 Å². The van der Waals surface area contributed by atoms with Gasteiger partial charge in [-0.05, 0) is 109 Å². The van der Waals surface area contributed by atoms with Crippen molar-refractivity contribution >= 4 is 25.7 Å². The number of aliphatic hydroxyl groups excluding tert-OH is 1. The number of allylic oxidation sites excluding steroid dienone is 18. The van der Waals surface area contributed by atoms with E-state index in [9.17, 15) is 28.9 Å². The number of aliphatic hydroxyl groups is 1. The summed E-state index contributed by atoms with van der Waals surface area (Å²) in [5, 5.41) is 9.80. The van der Waals surface area contributed by atoms with Crippen molar-refractivity contribution in [2.45, 2.75) is 251 Å². The fourth-order valence-electron chi connectivity index (χ4n) is 7.71. The monoisotopic (exact) mass is 1080 g/mol. The molecule has 0 fully saturated rings. The predicted octanol–water partition coefficient (Wildman–Crippen LogP) is 17.8. The number of rotatable bonds is 54. The van der Waals surface area contributed by atoms with E-state index in [-0.39, 0.29) is 25.9 Å². The zero-order valence-corrected chi connectivity index (χ0v) is 48.8. The van der Waals surface area contributed by atoms with Gasteiger partial charge >= 0.3 is 25.7 Å². The summed E-state index contributed by atoms with van der Waals surface area (Å²) in [5.74, 6) is -1.59. The van der Waals surface area contributed by atoms with Gasteiger partial charge in [0.15, 0.2) is 6.10 Å². The number of carbonyl (C=O) groups is 3. The summed E-state index contributed by atoms with van der Waals surface area (Å²) in [4.78, 5) is 48.6. The van der Waals surface area contributed by atoms with Crippen molar-refractivity contribution in [1.29, 1.82) is 0 Å². The zero-order chi connectivity index (χ0) is 55.5. The van der Waals surface area contributed by atoms with Gasteiger partial charge in [0.25, 0.3) is 0 Å². The van der Waals surface area contributed by atoms with Gasteiger partial charge in [-0.1, -0.05) is 220 Å². The van der Waals surface area contributed by atoms with Crippen molar-refractivity contribution in [3.63, 3.8) is 0 Å². The lowest BCUT2D eigenvalue weighted by Gasteiger charge is -2.21. The van der Waals surface area contributed by atoms with Gasteiger partial charge in [-0.25, -0.2) is 4.57 Å². The Balaban J connectivity index is 4.81. The molecular weight excluding hydrogens is 976 g/mol. The minimum Gasteiger partial charge on any atom is -0.462 e. The molecule has 0 heterocycles. The molecule has 0 saturated carbocycles. The third kappa shape index (κ3) is 54.9. The molecule has 76 heavy (non-hydrogen) atoms. The third-order valence-electron chi connectivity index (χ3n) is 12.2. The largest absolute Gasteiger partial charge is 0.472 e. The van der Waals surface area contributed by atoms with Gasteiger partial charge in [0, 0.05) is 19.3 Å². The quantitative estimate of drug-likeness (QED) is 0.0197. The van der Waals surface area contributed by atoms with E-state index in [1.54, 1.807) is 0 Å². The SMILES string of the molecule is CC/C=C\C/C=C\C/C=C\C/C=C\CCCCCCC(=O)OC(COC(=O)CCCCCCCCCCC/C=C\CCCCCCCC)COP(=O)(O)OCC(CO)OC(=O)CC/C=C\C/C=C\C/C=C\C/C=C\CC. The second-order valence-electron chi connectivity index (χ2n) is 19.4. The fourth-order valence-corrected chi connectivity index (χ4v) is 8.49. The molecule has 0 rings (SSSR count). The summed E-state index contributed by atoms with van der Waals surface area (Å²) < 4.78 is 39.4. The highest BCUT2D eigenvalue weighted by molar-refractivity contribution is 7.47. The van der Waals surface area contributed by atoms with Crippen molar-refractivity contribution < 1.29 is 52.2 Å². The van der Waals surface area contributed by atoms with Gasteiger partial charge < -0.3 is 24.2 Å². The van der Waals surface area contributed by atoms with Crippen LogP contribution in [-0.2, 0) is 42.2 Å². The molecule has 0 saturated heterocycles. The summed E-state index contributed by atoms with van der Waals surface area (Å²) in [5.41, 5.74) is 0. The number of unbranched alkanes of at least 4 members (excludes halogenated alkanes) is 19. The minimum absolute atomic E-state index is 0.0494. The lowest BCUT2D eigenvalue weighted by molar-refractivity contribution is -0.161. The standard InChI is InChI=1S/C64H107O11P/c1-4-7-10-13-16-19-22-25-27-29-30-32-33-36-38-41-44-47-50-53-62(66)71-57-61(75-64(68)55-52-49-46-43-40-37-34-31-28-26-23-20-17-14-11-8-5-2)59-73-76(69,70)72-58-60(56-65)74-63(67)54-51-48-45-42-39-35-24-21-18-15-12-9-6-3/h8-9,11-12,17-18,20-21,25-28,34-35,37,39,45,48,60-61,65H,4-7,10,13-16,19,22-24,29-33,36,38,40-44,46-47,49-59H2,1-3H3,(H,69,70)/b11-8-,12-9-,20-17-,21-18-,27-25-,28-26-,37-34-,39-35-,48-45-. The Bertz CT molecular complexity index is 1690. The van der Waals surface area contributed by atoms with Gasteiger partial charge in [-0.15, -0.1) is 0 Å². The summed E-state index contributed by atoms with van der Waals surface area (Å²) in [6, 6.07) is 0. The Morgan fingerprint density at radius 2 is 0.711 bits per heavy atom. The van der Waals surface area contributed by atoms with E-state index in [0.717, 1.165) is 96.3 Å². The molecule has 3 unspecified atom stereocenters. The first-order valence-corrected chi connectivity index (χ1v) is 31.3. The average Bonchev–Trinajstić information content (AvgIpc) is 3.41. The van der Waals surface area contributed by atoms with Crippen LogP contribution in [0.2, 0.25) is 0 Å². The molecule has 0 bridgehead atoms. The van der Waals surface area contributed by atoms with Crippen LogP contribution >= 0.6 is 7.82 Å². The van der Waals surface area contributed by atoms with Crippen LogP contribution in [0, 0.1) is 0 Å². The maximum absolute atomic E-state index is 12.9. The highest BCUT2D eigenvalue weighted by atomic mass is 31.2. The van der Waals surface area contributed by atoms with Crippen molar-refractivity contribution in [1.82, 2.24) is 0 Å². The zero-order valence-electron chi connectivity index (χ0n) is 47.9. The molecule has 434 valence electrons. The molecule has 0 aromatic rings. The molecule has 12 heteroatoms. The van der Waals surface area contributed by atoms with E-state index in [0.29, 0.717) is 19.3 Å². The summed E-state index contributed by atoms with van der Waals surface area (Å²) >= 11 is 0. The lowest BCUT2D eigenvalue weighted by atomic mass is 10.1. The van der Waals surface area contributed by atoms with Crippen molar-refractivity contribution in [2.75, 3.05) is 26.4 Å². The van der Waals surface area contributed by atoms with Crippen LogP contribution in [0.25, 0.3) is 0 Å². The molecule has 0 aliphatic carbocycles. The predicted molar refractivity (Wildman–Crippen MR) is 316 cm³/mol. The second-order valence-corrected chi connectivity index (χ2v) is 20.8. The first-order valence-electron chi connectivity index (χ1n) is 29.8. The van der Waals surface area contributed by atoms with E-state index in [1.165, 1.54) is 83.5 Å². The van der Waals surface area contributed by atoms with E-state index < -0.39 is 57.8 Å². The minimum atomic E-state index is -4.78. The summed E-state index contributed by atoms with van der Waals surface area (Å²) in [6.45, 7) is 4.30. The Morgan fingerprint density at radius 1 is 0.382 bits per heavy atom. The van der Waals surface area contributed by atoms with Gasteiger partial charge in [0.05, 0.1) is 19.8 Å². The van der Waals surface area contributed by atoms with Crippen LogP contribution in [0.4, 0.5) is 0 Å².